The average Bonchev–Trinajstić information content (AvgIpc) is 3.24. The van der Waals surface area contributed by atoms with Crippen molar-refractivity contribution in [3.05, 3.63) is 48.5 Å². The van der Waals surface area contributed by atoms with E-state index >= 15 is 0 Å². The number of rotatable bonds is 6. The van der Waals surface area contributed by atoms with Crippen LogP contribution >= 0.6 is 0 Å². The van der Waals surface area contributed by atoms with Crippen molar-refractivity contribution >= 4 is 16.1 Å². The Balaban J connectivity index is 1.80. The Morgan fingerprint density at radius 1 is 1.03 bits per heavy atom. The van der Waals surface area contributed by atoms with E-state index in [2.05, 4.69) is 23.8 Å². The first-order valence-corrected chi connectivity index (χ1v) is 12.8. The molecule has 1 aromatic carbocycles. The van der Waals surface area contributed by atoms with Crippen LogP contribution in [0.2, 0.25) is 0 Å². The highest BCUT2D eigenvalue weighted by molar-refractivity contribution is 7.89. The molecule has 186 valence electrons. The number of carbonyl (C=O) groups is 1. The molecule has 1 heterocycles. The summed E-state index contributed by atoms with van der Waals surface area (Å²) in [5, 5.41) is 0. The molecule has 0 radical (unpaired) electrons. The lowest BCUT2D eigenvalue weighted by molar-refractivity contribution is 0.0282. The zero-order chi connectivity index (χ0) is 25.5. The molecule has 0 saturated heterocycles. The number of aromatic nitrogens is 2. The van der Waals surface area contributed by atoms with E-state index < -0.39 is 27.3 Å². The van der Waals surface area contributed by atoms with Gasteiger partial charge in [0, 0.05) is 5.92 Å². The molecule has 1 aromatic heterocycles. The normalized spacial score (nSPS) is 19.9. The van der Waals surface area contributed by atoms with Gasteiger partial charge in [-0.15, -0.1) is 0 Å². The second-order valence-electron chi connectivity index (χ2n) is 11.3. The van der Waals surface area contributed by atoms with Crippen LogP contribution in [0.5, 0.6) is 5.75 Å². The van der Waals surface area contributed by atoms with Crippen LogP contribution in [-0.4, -0.2) is 46.5 Å². The van der Waals surface area contributed by atoms with Gasteiger partial charge in [0.2, 0.25) is 0 Å². The molecule has 3 rings (SSSR count). The Morgan fingerprint density at radius 3 is 2.09 bits per heavy atom. The van der Waals surface area contributed by atoms with Crippen LogP contribution < -0.4 is 4.74 Å². The zero-order valence-electron chi connectivity index (χ0n) is 21.2. The fourth-order valence-corrected chi connectivity index (χ4v) is 5.90. The monoisotopic (exact) mass is 489 g/mol. The number of hydrogen-bond acceptors (Lipinski definition) is 7. The minimum atomic E-state index is -4.12. The third-order valence-corrected chi connectivity index (χ3v) is 8.01. The van der Waals surface area contributed by atoms with Crippen molar-refractivity contribution in [2.45, 2.75) is 77.3 Å². The maximum absolute atomic E-state index is 13.4. The van der Waals surface area contributed by atoms with Gasteiger partial charge in [-0.1, -0.05) is 26.0 Å². The molecule has 0 aliphatic heterocycles. The Morgan fingerprint density at radius 2 is 1.59 bits per heavy atom. The molecule has 1 aliphatic carbocycles. The van der Waals surface area contributed by atoms with Gasteiger partial charge < -0.3 is 9.47 Å². The molecule has 1 amide bonds. The zero-order valence-corrected chi connectivity index (χ0v) is 22.0. The summed E-state index contributed by atoms with van der Waals surface area (Å²) in [5.41, 5.74) is -0.784. The molecule has 9 heteroatoms. The van der Waals surface area contributed by atoms with E-state index in [9.17, 15) is 13.2 Å². The minimum Gasteiger partial charge on any atom is -0.490 e. The van der Waals surface area contributed by atoms with Crippen molar-refractivity contribution in [3.63, 3.8) is 0 Å². The molecule has 0 spiro atoms. The summed E-state index contributed by atoms with van der Waals surface area (Å²) < 4.78 is 39.0. The van der Waals surface area contributed by atoms with Crippen LogP contribution in [0, 0.1) is 11.3 Å². The van der Waals surface area contributed by atoms with Gasteiger partial charge in [0.1, 0.15) is 11.9 Å². The first-order chi connectivity index (χ1) is 15.5. The van der Waals surface area contributed by atoms with Crippen molar-refractivity contribution in [1.29, 1.82) is 0 Å². The van der Waals surface area contributed by atoms with Gasteiger partial charge >= 0.3 is 6.09 Å². The lowest BCUT2D eigenvalue weighted by atomic mass is 10.0. The van der Waals surface area contributed by atoms with Gasteiger partial charge in [-0.05, 0) is 70.6 Å². The van der Waals surface area contributed by atoms with E-state index in [1.165, 1.54) is 6.33 Å². The number of benzene rings is 1. The summed E-state index contributed by atoms with van der Waals surface area (Å²) in [7, 11) is -4.12. The number of sulfonamides is 1. The Labute approximate surface area is 202 Å². The molecule has 1 aliphatic rings. The van der Waals surface area contributed by atoms with Crippen molar-refractivity contribution in [3.8, 4) is 5.75 Å². The second kappa shape index (κ2) is 8.83. The number of amides is 1. The summed E-state index contributed by atoms with van der Waals surface area (Å²) in [6.07, 6.45) is 3.82. The molecule has 8 nitrogen and oxygen atoms in total. The summed E-state index contributed by atoms with van der Waals surface area (Å²) in [4.78, 5) is 20.8. The van der Waals surface area contributed by atoms with E-state index in [4.69, 9.17) is 9.47 Å². The lowest BCUT2D eigenvalue weighted by Crippen LogP contribution is -2.51. The predicted octanol–water partition coefficient (Wildman–Crippen LogP) is 5.02. The highest BCUT2D eigenvalue weighted by Gasteiger charge is 2.58. The van der Waals surface area contributed by atoms with Crippen LogP contribution in [0.25, 0.3) is 0 Å². The number of ether oxygens (including phenoxy) is 2. The topological polar surface area (TPSA) is 98.7 Å². The van der Waals surface area contributed by atoms with Gasteiger partial charge in [-0.3, -0.25) is 0 Å². The van der Waals surface area contributed by atoms with Crippen LogP contribution in [0.4, 0.5) is 4.79 Å². The maximum Gasteiger partial charge on any atom is 0.424 e. The third kappa shape index (κ3) is 5.51. The molecule has 34 heavy (non-hydrogen) atoms. The molecule has 0 unspecified atom stereocenters. The van der Waals surface area contributed by atoms with E-state index in [0.29, 0.717) is 12.4 Å². The summed E-state index contributed by atoms with van der Waals surface area (Å²) in [6, 6.07) is 6.76. The van der Waals surface area contributed by atoms with Crippen LogP contribution in [0.3, 0.4) is 0 Å². The summed E-state index contributed by atoms with van der Waals surface area (Å²) >= 11 is 0. The van der Waals surface area contributed by atoms with Gasteiger partial charge in [-0.25, -0.2) is 23.2 Å². The van der Waals surface area contributed by atoms with Gasteiger partial charge in [0.15, 0.2) is 5.75 Å². The fourth-order valence-electron chi connectivity index (χ4n) is 4.25. The average molecular weight is 490 g/mol. The van der Waals surface area contributed by atoms with E-state index in [1.54, 1.807) is 66.1 Å². The third-order valence-electron chi connectivity index (χ3n) is 5.96. The first kappa shape index (κ1) is 25.9. The first-order valence-electron chi connectivity index (χ1n) is 11.3. The summed E-state index contributed by atoms with van der Waals surface area (Å²) in [5.74, 6) is 1.11. The van der Waals surface area contributed by atoms with Crippen LogP contribution in [0.15, 0.2) is 47.9 Å². The van der Waals surface area contributed by atoms with Gasteiger partial charge in [0.25, 0.3) is 10.0 Å². The quantitative estimate of drug-likeness (QED) is 0.562. The molecule has 0 bridgehead atoms. The van der Waals surface area contributed by atoms with E-state index in [-0.39, 0.29) is 22.1 Å². The Hall–Kier alpha value is -2.68. The van der Waals surface area contributed by atoms with E-state index in [1.807, 2.05) is 12.1 Å². The lowest BCUT2D eigenvalue weighted by Gasteiger charge is -2.35. The van der Waals surface area contributed by atoms with Crippen molar-refractivity contribution in [2.24, 2.45) is 11.3 Å². The highest BCUT2D eigenvalue weighted by Crippen LogP contribution is 2.64. The number of hydrogen-bond donors (Lipinski definition) is 0. The SMILES string of the molecule is CC(C)(C)OC(=O)N(C(C)(C)C)S(=O)(=O)c1ccc([C@H]2[C@H](COc3cncnc3)C2(C)C)cc1. The van der Waals surface area contributed by atoms with Crippen molar-refractivity contribution < 1.29 is 22.7 Å². The largest absolute Gasteiger partial charge is 0.490 e. The maximum atomic E-state index is 13.4. The minimum absolute atomic E-state index is 0.00396. The van der Waals surface area contributed by atoms with Crippen molar-refractivity contribution in [1.82, 2.24) is 14.3 Å². The number of carbonyl (C=O) groups excluding carboxylic acids is 1. The second-order valence-corrected chi connectivity index (χ2v) is 13.1. The number of nitrogens with zero attached hydrogens (tertiary/aromatic N) is 3. The van der Waals surface area contributed by atoms with Gasteiger partial charge in [0.05, 0.1) is 29.4 Å². The molecular formula is C25H35N3O5S. The van der Waals surface area contributed by atoms with Crippen LogP contribution in [0.1, 0.15) is 66.9 Å². The Bertz CT molecular complexity index is 1120. The molecule has 1 saturated carbocycles. The van der Waals surface area contributed by atoms with Crippen molar-refractivity contribution in [2.75, 3.05) is 6.61 Å². The molecule has 2 atom stereocenters. The molecule has 1 fully saturated rings. The van der Waals surface area contributed by atoms with Crippen LogP contribution in [-0.2, 0) is 14.8 Å². The highest BCUT2D eigenvalue weighted by atomic mass is 32.2. The molecule has 0 N–H and O–H groups in total. The Kier molecular flexibility index (Phi) is 6.74. The predicted molar refractivity (Wildman–Crippen MR) is 129 cm³/mol. The molecule has 2 aromatic rings. The fraction of sp³-hybridized carbons (Fsp3) is 0.560. The van der Waals surface area contributed by atoms with E-state index in [0.717, 1.165) is 9.87 Å². The summed E-state index contributed by atoms with van der Waals surface area (Å²) in [6.45, 7) is 15.0. The standard InChI is InChI=1S/C25H35N3O5S/c1-23(2,3)28(22(29)33-24(4,5)6)34(30,31)19-11-9-17(10-12-19)21-20(25(21,7)8)15-32-18-13-26-16-27-14-18/h9-14,16,20-21H,15H2,1-8H3/t20-,21-/m0/s1. The smallest absolute Gasteiger partial charge is 0.424 e. The van der Waals surface area contributed by atoms with Gasteiger partial charge in [-0.2, -0.15) is 4.31 Å². The molecular weight excluding hydrogens is 454 g/mol.